The van der Waals surface area contributed by atoms with Crippen molar-refractivity contribution < 1.29 is 18.4 Å². The fourth-order valence-corrected chi connectivity index (χ4v) is 2.15. The van der Waals surface area contributed by atoms with Crippen molar-refractivity contribution in [2.45, 2.75) is 19.3 Å². The molecule has 2 rings (SSSR count). The molecule has 0 radical (unpaired) electrons. The fraction of sp³-hybridized carbons (Fsp3) is 0.429. The van der Waals surface area contributed by atoms with Crippen molar-refractivity contribution in [3.8, 4) is 0 Å². The quantitative estimate of drug-likeness (QED) is 0.917. The molecular formula is C14H16F2N2O2. The van der Waals surface area contributed by atoms with Gasteiger partial charge in [-0.2, -0.15) is 0 Å². The predicted octanol–water partition coefficient (Wildman–Crippen LogP) is 1.71. The largest absolute Gasteiger partial charge is 0.343 e. The van der Waals surface area contributed by atoms with Crippen molar-refractivity contribution in [2.24, 2.45) is 0 Å². The Hall–Kier alpha value is -1.98. The van der Waals surface area contributed by atoms with Gasteiger partial charge in [0.2, 0.25) is 5.91 Å². The molecule has 0 atom stereocenters. The van der Waals surface area contributed by atoms with Crippen LogP contribution in [-0.2, 0) is 4.79 Å². The SMILES string of the molecule is O=C(NCC(=O)N1CCCCC1)c1ccc(F)c(F)c1. The van der Waals surface area contributed by atoms with Crippen LogP contribution >= 0.6 is 0 Å². The molecule has 20 heavy (non-hydrogen) atoms. The van der Waals surface area contributed by atoms with Crippen LogP contribution in [0.3, 0.4) is 0 Å². The van der Waals surface area contributed by atoms with Crippen LogP contribution in [-0.4, -0.2) is 36.3 Å². The second kappa shape index (κ2) is 6.45. The molecule has 0 spiro atoms. The molecule has 6 heteroatoms. The van der Waals surface area contributed by atoms with E-state index in [1.807, 2.05) is 0 Å². The summed E-state index contributed by atoms with van der Waals surface area (Å²) in [6.07, 6.45) is 3.07. The number of benzene rings is 1. The van der Waals surface area contributed by atoms with Crippen LogP contribution in [0.5, 0.6) is 0 Å². The monoisotopic (exact) mass is 282 g/mol. The van der Waals surface area contributed by atoms with Crippen LogP contribution in [0.1, 0.15) is 29.6 Å². The molecule has 0 aromatic heterocycles. The van der Waals surface area contributed by atoms with Gasteiger partial charge >= 0.3 is 0 Å². The standard InChI is InChI=1S/C14H16F2N2O2/c15-11-5-4-10(8-12(11)16)14(20)17-9-13(19)18-6-2-1-3-7-18/h4-5,8H,1-3,6-7,9H2,(H,17,20). The molecule has 1 heterocycles. The average molecular weight is 282 g/mol. The van der Waals surface area contributed by atoms with Crippen molar-refractivity contribution in [3.63, 3.8) is 0 Å². The minimum atomic E-state index is -1.08. The number of nitrogens with zero attached hydrogens (tertiary/aromatic N) is 1. The Morgan fingerprint density at radius 1 is 1.10 bits per heavy atom. The Morgan fingerprint density at radius 2 is 1.80 bits per heavy atom. The molecule has 1 N–H and O–H groups in total. The highest BCUT2D eigenvalue weighted by atomic mass is 19.2. The van der Waals surface area contributed by atoms with Gasteiger partial charge in [0.05, 0.1) is 6.54 Å². The van der Waals surface area contributed by atoms with Crippen LogP contribution in [0.4, 0.5) is 8.78 Å². The molecular weight excluding hydrogens is 266 g/mol. The van der Waals surface area contributed by atoms with Crippen molar-refractivity contribution in [2.75, 3.05) is 19.6 Å². The molecule has 0 bridgehead atoms. The van der Waals surface area contributed by atoms with E-state index in [1.165, 1.54) is 6.07 Å². The summed E-state index contributed by atoms with van der Waals surface area (Å²) in [5.74, 6) is -2.83. The van der Waals surface area contributed by atoms with Gasteiger partial charge in [0.15, 0.2) is 11.6 Å². The van der Waals surface area contributed by atoms with E-state index in [4.69, 9.17) is 0 Å². The minimum Gasteiger partial charge on any atom is -0.343 e. The van der Waals surface area contributed by atoms with Crippen LogP contribution in [0.2, 0.25) is 0 Å². The number of piperidine rings is 1. The normalized spacial score (nSPS) is 15.0. The number of rotatable bonds is 3. The minimum absolute atomic E-state index is 0.00431. The van der Waals surface area contributed by atoms with E-state index in [9.17, 15) is 18.4 Å². The molecule has 108 valence electrons. The average Bonchev–Trinajstić information content (AvgIpc) is 2.48. The molecule has 1 aromatic carbocycles. The first-order valence-corrected chi connectivity index (χ1v) is 6.59. The Labute approximate surface area is 115 Å². The summed E-state index contributed by atoms with van der Waals surface area (Å²) in [7, 11) is 0. The molecule has 0 saturated carbocycles. The molecule has 1 aromatic rings. The maximum atomic E-state index is 13.0. The lowest BCUT2D eigenvalue weighted by Crippen LogP contribution is -2.42. The molecule has 1 aliphatic heterocycles. The van der Waals surface area contributed by atoms with Gasteiger partial charge < -0.3 is 10.2 Å². The zero-order valence-corrected chi connectivity index (χ0v) is 11.0. The summed E-state index contributed by atoms with van der Waals surface area (Å²) >= 11 is 0. The van der Waals surface area contributed by atoms with Crippen molar-refractivity contribution >= 4 is 11.8 Å². The molecule has 1 fully saturated rings. The lowest BCUT2D eigenvalue weighted by Gasteiger charge is -2.26. The molecule has 4 nitrogen and oxygen atoms in total. The number of likely N-dealkylation sites (tertiary alicyclic amines) is 1. The second-order valence-corrected chi connectivity index (χ2v) is 4.75. The van der Waals surface area contributed by atoms with E-state index in [1.54, 1.807) is 4.90 Å². The summed E-state index contributed by atoms with van der Waals surface area (Å²) in [5, 5.41) is 2.42. The van der Waals surface area contributed by atoms with Gasteiger partial charge in [-0.3, -0.25) is 9.59 Å². The van der Waals surface area contributed by atoms with Gasteiger partial charge in [-0.1, -0.05) is 0 Å². The topological polar surface area (TPSA) is 49.4 Å². The number of halogens is 2. The smallest absolute Gasteiger partial charge is 0.251 e. The van der Waals surface area contributed by atoms with E-state index in [2.05, 4.69) is 5.32 Å². The molecule has 0 aliphatic carbocycles. The van der Waals surface area contributed by atoms with Gasteiger partial charge in [-0.25, -0.2) is 8.78 Å². The number of nitrogens with one attached hydrogen (secondary N) is 1. The van der Waals surface area contributed by atoms with Crippen LogP contribution in [0, 0.1) is 11.6 Å². The zero-order chi connectivity index (χ0) is 14.5. The highest BCUT2D eigenvalue weighted by Gasteiger charge is 2.17. The number of hydrogen-bond donors (Lipinski definition) is 1. The fourth-order valence-electron chi connectivity index (χ4n) is 2.15. The van der Waals surface area contributed by atoms with Crippen LogP contribution in [0.25, 0.3) is 0 Å². The Morgan fingerprint density at radius 3 is 2.45 bits per heavy atom. The number of hydrogen-bond acceptors (Lipinski definition) is 2. The molecule has 0 unspecified atom stereocenters. The maximum Gasteiger partial charge on any atom is 0.251 e. The predicted molar refractivity (Wildman–Crippen MR) is 69.1 cm³/mol. The summed E-state index contributed by atoms with van der Waals surface area (Å²) in [6, 6.07) is 2.88. The van der Waals surface area contributed by atoms with Gasteiger partial charge in [0.25, 0.3) is 5.91 Å². The highest BCUT2D eigenvalue weighted by molar-refractivity contribution is 5.96. The lowest BCUT2D eigenvalue weighted by atomic mass is 10.1. The molecule has 2 amide bonds. The Bertz CT molecular complexity index is 514. The number of carbonyl (C=O) groups excluding carboxylic acids is 2. The number of carbonyl (C=O) groups is 2. The second-order valence-electron chi connectivity index (χ2n) is 4.75. The maximum absolute atomic E-state index is 13.0. The van der Waals surface area contributed by atoms with E-state index < -0.39 is 17.5 Å². The summed E-state index contributed by atoms with van der Waals surface area (Å²) in [6.45, 7) is 1.29. The van der Waals surface area contributed by atoms with Crippen molar-refractivity contribution in [3.05, 3.63) is 35.4 Å². The van der Waals surface area contributed by atoms with E-state index in [0.717, 1.165) is 31.4 Å². The van der Waals surface area contributed by atoms with Crippen LogP contribution < -0.4 is 5.32 Å². The van der Waals surface area contributed by atoms with E-state index in [-0.39, 0.29) is 18.0 Å². The zero-order valence-electron chi connectivity index (χ0n) is 11.0. The first-order chi connectivity index (χ1) is 9.58. The third kappa shape index (κ3) is 3.53. The third-order valence-electron chi connectivity index (χ3n) is 3.29. The van der Waals surface area contributed by atoms with E-state index >= 15 is 0 Å². The molecule has 1 saturated heterocycles. The van der Waals surface area contributed by atoms with E-state index in [0.29, 0.717) is 13.1 Å². The summed E-state index contributed by atoms with van der Waals surface area (Å²) < 4.78 is 25.8. The van der Waals surface area contributed by atoms with Crippen LogP contribution in [0.15, 0.2) is 18.2 Å². The third-order valence-corrected chi connectivity index (χ3v) is 3.29. The molecule has 1 aliphatic rings. The highest BCUT2D eigenvalue weighted by Crippen LogP contribution is 2.10. The Kier molecular flexibility index (Phi) is 4.65. The lowest BCUT2D eigenvalue weighted by molar-refractivity contribution is -0.130. The van der Waals surface area contributed by atoms with Gasteiger partial charge in [-0.05, 0) is 37.5 Å². The first-order valence-electron chi connectivity index (χ1n) is 6.59. The first kappa shape index (κ1) is 14.4. The van der Waals surface area contributed by atoms with Gasteiger partial charge in [0, 0.05) is 18.7 Å². The summed E-state index contributed by atoms with van der Waals surface area (Å²) in [5.41, 5.74) is -0.00431. The van der Waals surface area contributed by atoms with Gasteiger partial charge in [0.1, 0.15) is 0 Å². The summed E-state index contributed by atoms with van der Waals surface area (Å²) in [4.78, 5) is 25.3. The number of amides is 2. The van der Waals surface area contributed by atoms with Crippen molar-refractivity contribution in [1.29, 1.82) is 0 Å². The Balaban J connectivity index is 1.88. The van der Waals surface area contributed by atoms with Crippen molar-refractivity contribution in [1.82, 2.24) is 10.2 Å². The van der Waals surface area contributed by atoms with Gasteiger partial charge in [-0.15, -0.1) is 0 Å².